The molecule has 0 radical (unpaired) electrons. The number of hydrogen-bond acceptors (Lipinski definition) is 1. The third-order valence-corrected chi connectivity index (χ3v) is 3.71. The van der Waals surface area contributed by atoms with Crippen molar-refractivity contribution in [3.63, 3.8) is 0 Å². The molecule has 0 amide bonds. The minimum atomic E-state index is 0.578. The molecule has 62 valence electrons. The molecule has 1 heterocycles. The molecule has 1 spiro atoms. The molecular formula is C10H17N. The van der Waals surface area contributed by atoms with Gasteiger partial charge in [0.05, 0.1) is 0 Å². The molecule has 2 rings (SSSR count). The molecule has 0 N–H and O–H groups in total. The van der Waals surface area contributed by atoms with E-state index in [0.29, 0.717) is 5.54 Å². The van der Waals surface area contributed by atoms with Crippen LogP contribution in [0.25, 0.3) is 0 Å². The number of nitrogens with zero attached hydrogens (tertiary/aromatic N) is 1. The lowest BCUT2D eigenvalue weighted by Crippen LogP contribution is -2.47. The Labute approximate surface area is 69.1 Å². The number of hydrogen-bond donors (Lipinski definition) is 0. The SMILES string of the molecule is CC1=C(C)N(C)C2(CCC2)C1. The van der Waals surface area contributed by atoms with Crippen molar-refractivity contribution in [1.82, 2.24) is 4.90 Å². The molecule has 1 heteroatoms. The van der Waals surface area contributed by atoms with Crippen LogP contribution in [0.4, 0.5) is 0 Å². The summed E-state index contributed by atoms with van der Waals surface area (Å²) >= 11 is 0. The highest BCUT2D eigenvalue weighted by Crippen LogP contribution is 2.48. The van der Waals surface area contributed by atoms with Crippen LogP contribution in [0.1, 0.15) is 39.5 Å². The molecule has 0 saturated heterocycles. The Balaban J connectivity index is 2.23. The first-order valence-corrected chi connectivity index (χ1v) is 4.56. The fourth-order valence-electron chi connectivity index (χ4n) is 2.48. The van der Waals surface area contributed by atoms with Crippen LogP contribution in [0.2, 0.25) is 0 Å². The van der Waals surface area contributed by atoms with Crippen molar-refractivity contribution in [2.45, 2.75) is 45.1 Å². The molecule has 1 aliphatic heterocycles. The van der Waals surface area contributed by atoms with Gasteiger partial charge in [-0.05, 0) is 39.5 Å². The van der Waals surface area contributed by atoms with E-state index in [1.165, 1.54) is 31.4 Å². The van der Waals surface area contributed by atoms with Crippen molar-refractivity contribution in [1.29, 1.82) is 0 Å². The first-order chi connectivity index (χ1) is 5.16. The van der Waals surface area contributed by atoms with E-state index in [4.69, 9.17) is 0 Å². The topological polar surface area (TPSA) is 3.24 Å². The average molecular weight is 151 g/mol. The van der Waals surface area contributed by atoms with E-state index >= 15 is 0 Å². The Morgan fingerprint density at radius 3 is 2.09 bits per heavy atom. The fraction of sp³-hybridized carbons (Fsp3) is 0.800. The van der Waals surface area contributed by atoms with Crippen molar-refractivity contribution in [2.24, 2.45) is 0 Å². The van der Waals surface area contributed by atoms with Gasteiger partial charge in [0.25, 0.3) is 0 Å². The molecular weight excluding hydrogens is 134 g/mol. The monoisotopic (exact) mass is 151 g/mol. The van der Waals surface area contributed by atoms with Gasteiger partial charge in [0.2, 0.25) is 0 Å². The van der Waals surface area contributed by atoms with Gasteiger partial charge in [-0.1, -0.05) is 5.57 Å². The number of rotatable bonds is 0. The second-order valence-electron chi connectivity index (χ2n) is 4.18. The summed E-state index contributed by atoms with van der Waals surface area (Å²) < 4.78 is 0. The highest BCUT2D eigenvalue weighted by atomic mass is 15.2. The van der Waals surface area contributed by atoms with Crippen LogP contribution in [-0.4, -0.2) is 17.5 Å². The quantitative estimate of drug-likeness (QED) is 0.514. The molecule has 0 aromatic rings. The van der Waals surface area contributed by atoms with Crippen molar-refractivity contribution < 1.29 is 0 Å². The summed E-state index contributed by atoms with van der Waals surface area (Å²) in [6, 6.07) is 0. The van der Waals surface area contributed by atoms with Gasteiger partial charge in [0.15, 0.2) is 0 Å². The van der Waals surface area contributed by atoms with Crippen molar-refractivity contribution in [2.75, 3.05) is 7.05 Å². The maximum Gasteiger partial charge on any atom is 0.0433 e. The Kier molecular flexibility index (Phi) is 1.33. The molecule has 0 unspecified atom stereocenters. The Hall–Kier alpha value is -0.460. The third-order valence-electron chi connectivity index (χ3n) is 3.71. The Bertz CT molecular complexity index is 211. The van der Waals surface area contributed by atoms with Crippen LogP contribution in [0, 0.1) is 0 Å². The molecule has 0 atom stereocenters. The summed E-state index contributed by atoms with van der Waals surface area (Å²) in [5, 5.41) is 0. The maximum absolute atomic E-state index is 2.51. The fourth-order valence-corrected chi connectivity index (χ4v) is 2.48. The van der Waals surface area contributed by atoms with E-state index < -0.39 is 0 Å². The lowest BCUT2D eigenvalue weighted by Gasteiger charge is -2.46. The minimum absolute atomic E-state index is 0.578. The minimum Gasteiger partial charge on any atom is -0.372 e. The predicted octanol–water partition coefficient (Wildman–Crippen LogP) is 2.54. The highest BCUT2D eigenvalue weighted by Gasteiger charge is 2.44. The van der Waals surface area contributed by atoms with Crippen molar-refractivity contribution in [3.05, 3.63) is 11.3 Å². The summed E-state index contributed by atoms with van der Waals surface area (Å²) in [6.07, 6.45) is 5.59. The zero-order valence-corrected chi connectivity index (χ0v) is 7.78. The summed E-state index contributed by atoms with van der Waals surface area (Å²) in [5.74, 6) is 0. The molecule has 0 bridgehead atoms. The molecule has 1 nitrogen and oxygen atoms in total. The van der Waals surface area contributed by atoms with Gasteiger partial charge in [0.1, 0.15) is 0 Å². The van der Waals surface area contributed by atoms with E-state index in [9.17, 15) is 0 Å². The summed E-state index contributed by atoms with van der Waals surface area (Å²) in [7, 11) is 2.25. The van der Waals surface area contributed by atoms with E-state index in [1.807, 2.05) is 0 Å². The second kappa shape index (κ2) is 2.02. The van der Waals surface area contributed by atoms with Crippen molar-refractivity contribution >= 4 is 0 Å². The summed E-state index contributed by atoms with van der Waals surface area (Å²) in [5.41, 5.74) is 3.70. The molecule has 0 aromatic carbocycles. The predicted molar refractivity (Wildman–Crippen MR) is 47.3 cm³/mol. The zero-order chi connectivity index (χ0) is 8.06. The van der Waals surface area contributed by atoms with Crippen LogP contribution in [0.3, 0.4) is 0 Å². The van der Waals surface area contributed by atoms with Crippen LogP contribution >= 0.6 is 0 Å². The third kappa shape index (κ3) is 0.770. The van der Waals surface area contributed by atoms with Crippen LogP contribution < -0.4 is 0 Å². The van der Waals surface area contributed by atoms with Crippen LogP contribution in [-0.2, 0) is 0 Å². The first kappa shape index (κ1) is 7.20. The van der Waals surface area contributed by atoms with Gasteiger partial charge in [-0.2, -0.15) is 0 Å². The number of allylic oxidation sites excluding steroid dienone is 1. The van der Waals surface area contributed by atoms with Crippen molar-refractivity contribution in [3.8, 4) is 0 Å². The summed E-state index contributed by atoms with van der Waals surface area (Å²) in [6.45, 7) is 4.53. The van der Waals surface area contributed by atoms with E-state index in [0.717, 1.165) is 0 Å². The zero-order valence-electron chi connectivity index (χ0n) is 7.78. The molecule has 2 aliphatic rings. The van der Waals surface area contributed by atoms with Gasteiger partial charge >= 0.3 is 0 Å². The first-order valence-electron chi connectivity index (χ1n) is 4.56. The van der Waals surface area contributed by atoms with Gasteiger partial charge in [-0.3, -0.25) is 0 Å². The Morgan fingerprint density at radius 2 is 1.91 bits per heavy atom. The summed E-state index contributed by atoms with van der Waals surface area (Å²) in [4.78, 5) is 2.51. The van der Waals surface area contributed by atoms with Gasteiger partial charge in [-0.15, -0.1) is 0 Å². The lowest BCUT2D eigenvalue weighted by atomic mass is 9.74. The Morgan fingerprint density at radius 1 is 1.27 bits per heavy atom. The molecule has 0 aromatic heterocycles. The average Bonchev–Trinajstić information content (AvgIpc) is 2.12. The van der Waals surface area contributed by atoms with Crippen LogP contribution in [0.5, 0.6) is 0 Å². The van der Waals surface area contributed by atoms with Gasteiger partial charge in [-0.25, -0.2) is 0 Å². The lowest BCUT2D eigenvalue weighted by molar-refractivity contribution is 0.0881. The normalized spacial score (nSPS) is 28.1. The van der Waals surface area contributed by atoms with E-state index in [-0.39, 0.29) is 0 Å². The molecule has 1 aliphatic carbocycles. The van der Waals surface area contributed by atoms with Crippen LogP contribution in [0.15, 0.2) is 11.3 Å². The second-order valence-corrected chi connectivity index (χ2v) is 4.18. The maximum atomic E-state index is 2.51. The smallest absolute Gasteiger partial charge is 0.0433 e. The molecule has 11 heavy (non-hydrogen) atoms. The van der Waals surface area contributed by atoms with E-state index in [1.54, 1.807) is 5.57 Å². The van der Waals surface area contributed by atoms with Gasteiger partial charge in [0, 0.05) is 18.3 Å². The van der Waals surface area contributed by atoms with E-state index in [2.05, 4.69) is 25.8 Å². The molecule has 1 fully saturated rings. The standard InChI is InChI=1S/C10H17N/c1-8-7-10(5-4-6-10)11(3)9(8)2/h4-7H2,1-3H3. The highest BCUT2D eigenvalue weighted by molar-refractivity contribution is 5.24. The van der Waals surface area contributed by atoms with Gasteiger partial charge < -0.3 is 4.90 Å². The molecule has 1 saturated carbocycles. The largest absolute Gasteiger partial charge is 0.372 e.